The lowest BCUT2D eigenvalue weighted by Gasteiger charge is -2.08. The second kappa shape index (κ2) is 9.24. The Balaban J connectivity index is 1.42. The summed E-state index contributed by atoms with van der Waals surface area (Å²) in [4.78, 5) is 11.9. The Morgan fingerprint density at radius 2 is 1.89 bits per heavy atom. The average molecular weight is 384 g/mol. The van der Waals surface area contributed by atoms with Crippen molar-refractivity contribution < 1.29 is 9.53 Å². The molecule has 0 saturated heterocycles. The van der Waals surface area contributed by atoms with Gasteiger partial charge in [0, 0.05) is 12.7 Å². The van der Waals surface area contributed by atoms with Crippen LogP contribution in [0.15, 0.2) is 60.8 Å². The molecular weight excluding hydrogens is 362 g/mol. The normalized spacial score (nSPS) is 10.6. The van der Waals surface area contributed by atoms with Crippen molar-refractivity contribution in [2.75, 3.05) is 13.2 Å². The summed E-state index contributed by atoms with van der Waals surface area (Å²) < 4.78 is 7.32. The van der Waals surface area contributed by atoms with Gasteiger partial charge < -0.3 is 10.1 Å². The maximum absolute atomic E-state index is 11.9. The first kappa shape index (κ1) is 19.0. The minimum absolute atomic E-state index is 0.0469. The van der Waals surface area contributed by atoms with Crippen LogP contribution in [0.3, 0.4) is 0 Å². The van der Waals surface area contributed by atoms with E-state index in [1.54, 1.807) is 12.1 Å². The van der Waals surface area contributed by atoms with Gasteiger partial charge in [-0.3, -0.25) is 4.79 Å². The van der Waals surface area contributed by atoms with Crippen LogP contribution in [-0.2, 0) is 11.2 Å². The molecule has 0 spiro atoms. The Bertz CT molecular complexity index is 893. The molecule has 0 aliphatic rings. The van der Waals surface area contributed by atoms with Crippen molar-refractivity contribution in [1.82, 2.24) is 15.1 Å². The fourth-order valence-corrected chi connectivity index (χ4v) is 2.91. The Morgan fingerprint density at radius 3 is 2.67 bits per heavy atom. The maximum atomic E-state index is 11.9. The van der Waals surface area contributed by atoms with Gasteiger partial charge in [-0.1, -0.05) is 41.9 Å². The van der Waals surface area contributed by atoms with Gasteiger partial charge in [-0.15, -0.1) is 0 Å². The van der Waals surface area contributed by atoms with E-state index in [0.29, 0.717) is 17.3 Å². The molecule has 1 N–H and O–H groups in total. The molecule has 2 aromatic carbocycles. The summed E-state index contributed by atoms with van der Waals surface area (Å²) in [5.74, 6) is 0.352. The summed E-state index contributed by atoms with van der Waals surface area (Å²) in [6.07, 6.45) is 3.73. The highest BCUT2D eigenvalue weighted by Crippen LogP contribution is 2.22. The minimum Gasteiger partial charge on any atom is -0.482 e. The number of halogens is 1. The Kier molecular flexibility index (Phi) is 6.49. The molecule has 3 aromatic rings. The lowest BCUT2D eigenvalue weighted by molar-refractivity contribution is -0.123. The number of rotatable bonds is 8. The van der Waals surface area contributed by atoms with E-state index < -0.39 is 0 Å². The number of nitrogens with zero attached hydrogens (tertiary/aromatic N) is 2. The minimum atomic E-state index is -0.161. The zero-order valence-electron chi connectivity index (χ0n) is 15.2. The van der Waals surface area contributed by atoms with Crippen LogP contribution in [0.2, 0.25) is 5.02 Å². The monoisotopic (exact) mass is 383 g/mol. The molecule has 0 bridgehead atoms. The maximum Gasteiger partial charge on any atom is 0.257 e. The number of aryl methyl sites for hydroxylation is 2. The lowest BCUT2D eigenvalue weighted by Crippen LogP contribution is -2.29. The fraction of sp³-hybridized carbons (Fsp3) is 0.238. The molecular formula is C21H22ClN3O2. The van der Waals surface area contributed by atoms with E-state index in [2.05, 4.69) is 10.4 Å². The van der Waals surface area contributed by atoms with Crippen molar-refractivity contribution in [3.05, 3.63) is 77.1 Å². The highest BCUT2D eigenvalue weighted by atomic mass is 35.5. The van der Waals surface area contributed by atoms with Gasteiger partial charge >= 0.3 is 0 Å². The highest BCUT2D eigenvalue weighted by molar-refractivity contribution is 6.32. The van der Waals surface area contributed by atoms with E-state index in [4.69, 9.17) is 16.3 Å². The molecule has 0 aliphatic carbocycles. The van der Waals surface area contributed by atoms with Crippen LogP contribution in [0.25, 0.3) is 5.69 Å². The number of hydrogen-bond donors (Lipinski definition) is 1. The van der Waals surface area contributed by atoms with E-state index >= 15 is 0 Å². The molecule has 0 radical (unpaired) electrons. The van der Waals surface area contributed by atoms with Crippen molar-refractivity contribution in [3.63, 3.8) is 0 Å². The molecule has 0 atom stereocenters. The topological polar surface area (TPSA) is 56.2 Å². The van der Waals surface area contributed by atoms with Gasteiger partial charge in [0.1, 0.15) is 5.75 Å². The third-order valence-corrected chi connectivity index (χ3v) is 4.47. The summed E-state index contributed by atoms with van der Waals surface area (Å²) in [6.45, 7) is 2.54. The summed E-state index contributed by atoms with van der Waals surface area (Å²) in [5.41, 5.74) is 3.23. The zero-order valence-corrected chi connectivity index (χ0v) is 15.9. The SMILES string of the molecule is Cc1nn(-c2ccccc2)cc1CCCNC(=O)COc1ccccc1Cl. The van der Waals surface area contributed by atoms with Crippen LogP contribution in [0, 0.1) is 6.92 Å². The first-order valence-electron chi connectivity index (χ1n) is 8.88. The number of carbonyl (C=O) groups is 1. The molecule has 0 unspecified atom stereocenters. The number of benzene rings is 2. The molecule has 6 heteroatoms. The number of nitrogens with one attached hydrogen (secondary N) is 1. The molecule has 1 aromatic heterocycles. The van der Waals surface area contributed by atoms with Gasteiger partial charge in [0.2, 0.25) is 0 Å². The number of para-hydroxylation sites is 2. The standard InChI is InChI=1S/C21H22ClN3O2/c1-16-17(14-25(24-16)18-9-3-2-4-10-18)8-7-13-23-21(26)15-27-20-12-6-5-11-19(20)22/h2-6,9-12,14H,7-8,13,15H2,1H3,(H,23,26). The number of aromatic nitrogens is 2. The van der Waals surface area contributed by atoms with Crippen molar-refractivity contribution in [2.45, 2.75) is 19.8 Å². The van der Waals surface area contributed by atoms with Crippen LogP contribution in [0.1, 0.15) is 17.7 Å². The molecule has 0 fully saturated rings. The van der Waals surface area contributed by atoms with E-state index in [1.165, 1.54) is 5.56 Å². The number of carbonyl (C=O) groups excluding carboxylic acids is 1. The molecule has 5 nitrogen and oxygen atoms in total. The largest absolute Gasteiger partial charge is 0.482 e. The number of hydrogen-bond acceptors (Lipinski definition) is 3. The van der Waals surface area contributed by atoms with Crippen molar-refractivity contribution in [2.24, 2.45) is 0 Å². The van der Waals surface area contributed by atoms with Gasteiger partial charge in [-0.25, -0.2) is 4.68 Å². The van der Waals surface area contributed by atoms with Crippen LogP contribution in [-0.4, -0.2) is 28.8 Å². The predicted octanol–water partition coefficient (Wildman–Crippen LogP) is 3.96. The van der Waals surface area contributed by atoms with Crippen molar-refractivity contribution in [1.29, 1.82) is 0 Å². The molecule has 0 saturated carbocycles. The second-order valence-electron chi connectivity index (χ2n) is 6.19. The lowest BCUT2D eigenvalue weighted by atomic mass is 10.1. The summed E-state index contributed by atoms with van der Waals surface area (Å²) in [7, 11) is 0. The number of ether oxygens (including phenoxy) is 1. The summed E-state index contributed by atoms with van der Waals surface area (Å²) in [6, 6.07) is 17.1. The third kappa shape index (κ3) is 5.34. The average Bonchev–Trinajstić information content (AvgIpc) is 3.06. The van der Waals surface area contributed by atoms with Crippen molar-refractivity contribution in [3.8, 4) is 11.4 Å². The van der Waals surface area contributed by atoms with E-state index in [-0.39, 0.29) is 12.5 Å². The van der Waals surface area contributed by atoms with Crippen LogP contribution in [0.4, 0.5) is 0 Å². The summed E-state index contributed by atoms with van der Waals surface area (Å²) in [5, 5.41) is 7.93. The molecule has 1 heterocycles. The zero-order chi connectivity index (χ0) is 19.1. The Hall–Kier alpha value is -2.79. The molecule has 1 amide bonds. The fourth-order valence-electron chi connectivity index (χ4n) is 2.72. The smallest absolute Gasteiger partial charge is 0.257 e. The van der Waals surface area contributed by atoms with Crippen LogP contribution >= 0.6 is 11.6 Å². The van der Waals surface area contributed by atoms with Gasteiger partial charge in [-0.2, -0.15) is 5.10 Å². The van der Waals surface area contributed by atoms with Crippen molar-refractivity contribution >= 4 is 17.5 Å². The first-order chi connectivity index (χ1) is 13.1. The molecule has 27 heavy (non-hydrogen) atoms. The molecule has 0 aliphatic heterocycles. The van der Waals surface area contributed by atoms with Crippen LogP contribution in [0.5, 0.6) is 5.75 Å². The number of amides is 1. The summed E-state index contributed by atoms with van der Waals surface area (Å²) >= 11 is 6.00. The first-order valence-corrected chi connectivity index (χ1v) is 9.26. The Morgan fingerprint density at radius 1 is 1.15 bits per heavy atom. The molecule has 140 valence electrons. The van der Waals surface area contributed by atoms with E-state index in [9.17, 15) is 4.79 Å². The van der Waals surface area contributed by atoms with Gasteiger partial charge in [0.05, 0.1) is 16.4 Å². The van der Waals surface area contributed by atoms with E-state index in [0.717, 1.165) is 24.2 Å². The quantitative estimate of drug-likeness (QED) is 0.599. The van der Waals surface area contributed by atoms with Gasteiger partial charge in [-0.05, 0) is 49.6 Å². The van der Waals surface area contributed by atoms with Gasteiger partial charge in [0.25, 0.3) is 5.91 Å². The third-order valence-electron chi connectivity index (χ3n) is 4.16. The van der Waals surface area contributed by atoms with Gasteiger partial charge in [0.15, 0.2) is 6.61 Å². The Labute approximate surface area is 163 Å². The predicted molar refractivity (Wildman–Crippen MR) is 107 cm³/mol. The van der Waals surface area contributed by atoms with E-state index in [1.807, 2.05) is 60.3 Å². The highest BCUT2D eigenvalue weighted by Gasteiger charge is 2.08. The second-order valence-corrected chi connectivity index (χ2v) is 6.60. The molecule has 3 rings (SSSR count). The van der Waals surface area contributed by atoms with Crippen LogP contribution < -0.4 is 10.1 Å².